The van der Waals surface area contributed by atoms with E-state index < -0.39 is 5.97 Å². The second-order valence-corrected chi connectivity index (χ2v) is 5.43. The van der Waals surface area contributed by atoms with E-state index in [1.54, 1.807) is 12.1 Å². The average molecular weight is 278 g/mol. The van der Waals surface area contributed by atoms with E-state index in [1.165, 1.54) is 0 Å². The summed E-state index contributed by atoms with van der Waals surface area (Å²) in [4.78, 5) is 15.4. The van der Waals surface area contributed by atoms with E-state index in [0.717, 1.165) is 44.8 Å². The second kappa shape index (κ2) is 6.83. The predicted molar refractivity (Wildman–Crippen MR) is 76.8 cm³/mol. The van der Waals surface area contributed by atoms with E-state index in [2.05, 4.69) is 9.80 Å². The number of aromatic carboxylic acids is 1. The van der Waals surface area contributed by atoms with E-state index in [0.29, 0.717) is 5.56 Å². The Balaban J connectivity index is 1.81. The summed E-state index contributed by atoms with van der Waals surface area (Å²) >= 11 is 0. The number of aliphatic hydroxyl groups excluding tert-OH is 1. The summed E-state index contributed by atoms with van der Waals surface area (Å²) in [6.07, 6.45) is -0.273. The molecule has 2 N–H and O–H groups in total. The number of benzene rings is 1. The molecule has 5 nitrogen and oxygen atoms in total. The average Bonchev–Trinajstić information content (AvgIpc) is 2.41. The van der Waals surface area contributed by atoms with Gasteiger partial charge in [-0.25, -0.2) is 4.79 Å². The zero-order valence-corrected chi connectivity index (χ0v) is 11.8. The first-order valence-electron chi connectivity index (χ1n) is 6.99. The molecule has 1 heterocycles. The van der Waals surface area contributed by atoms with Crippen LogP contribution in [-0.4, -0.2) is 64.8 Å². The van der Waals surface area contributed by atoms with Gasteiger partial charge in [-0.1, -0.05) is 12.1 Å². The van der Waals surface area contributed by atoms with Gasteiger partial charge in [-0.15, -0.1) is 0 Å². The van der Waals surface area contributed by atoms with E-state index in [9.17, 15) is 9.90 Å². The lowest BCUT2D eigenvalue weighted by atomic mass is 10.1. The molecule has 0 radical (unpaired) electrons. The van der Waals surface area contributed by atoms with Crippen LogP contribution >= 0.6 is 0 Å². The Bertz CT molecular complexity index is 437. The van der Waals surface area contributed by atoms with Crippen LogP contribution in [0.1, 0.15) is 22.8 Å². The van der Waals surface area contributed by atoms with Crippen molar-refractivity contribution in [3.05, 3.63) is 35.4 Å². The van der Waals surface area contributed by atoms with Crippen LogP contribution in [0.5, 0.6) is 0 Å². The lowest BCUT2D eigenvalue weighted by Gasteiger charge is -2.35. The molecular formula is C15H22N2O3. The van der Waals surface area contributed by atoms with Crippen molar-refractivity contribution in [1.29, 1.82) is 0 Å². The number of rotatable bonds is 5. The predicted octanol–water partition coefficient (Wildman–Crippen LogP) is 0.883. The smallest absolute Gasteiger partial charge is 0.335 e. The zero-order valence-electron chi connectivity index (χ0n) is 11.8. The zero-order chi connectivity index (χ0) is 14.5. The number of aliphatic hydroxyl groups is 1. The van der Waals surface area contributed by atoms with Crippen molar-refractivity contribution >= 4 is 5.97 Å². The van der Waals surface area contributed by atoms with Crippen molar-refractivity contribution in [3.63, 3.8) is 0 Å². The van der Waals surface area contributed by atoms with Crippen LogP contribution in [0, 0.1) is 0 Å². The highest BCUT2D eigenvalue weighted by Crippen LogP contribution is 2.10. The van der Waals surface area contributed by atoms with Crippen LogP contribution in [-0.2, 0) is 6.54 Å². The third kappa shape index (κ3) is 4.30. The molecule has 0 amide bonds. The third-order valence-electron chi connectivity index (χ3n) is 3.59. The molecule has 110 valence electrons. The Hall–Kier alpha value is -1.43. The summed E-state index contributed by atoms with van der Waals surface area (Å²) in [5.74, 6) is -0.886. The molecule has 0 bridgehead atoms. The van der Waals surface area contributed by atoms with E-state index in [4.69, 9.17) is 5.11 Å². The molecule has 1 aromatic rings. The Morgan fingerprint density at radius 1 is 1.15 bits per heavy atom. The number of hydrogen-bond acceptors (Lipinski definition) is 4. The first-order chi connectivity index (χ1) is 9.54. The molecule has 1 atom stereocenters. The molecule has 5 heteroatoms. The number of β-amino-alcohol motifs (C(OH)–C–C–N with tert-alkyl or cyclic N) is 1. The van der Waals surface area contributed by atoms with Crippen LogP contribution in [0.15, 0.2) is 24.3 Å². The number of carboxylic acid groups (broad SMARTS) is 1. The fraction of sp³-hybridized carbons (Fsp3) is 0.533. The van der Waals surface area contributed by atoms with Crippen molar-refractivity contribution in [3.8, 4) is 0 Å². The van der Waals surface area contributed by atoms with Gasteiger partial charge in [0.1, 0.15) is 0 Å². The fourth-order valence-corrected chi connectivity index (χ4v) is 2.51. The van der Waals surface area contributed by atoms with Crippen LogP contribution in [0.3, 0.4) is 0 Å². The van der Waals surface area contributed by atoms with Crippen LogP contribution in [0.2, 0.25) is 0 Å². The standard InChI is InChI=1S/C15H22N2O3/c1-12(18)10-16-6-8-17(9-7-16)11-13-2-4-14(5-3-13)15(19)20/h2-5,12,18H,6-11H2,1H3,(H,19,20). The summed E-state index contributed by atoms with van der Waals surface area (Å²) in [5, 5.41) is 18.2. The molecule has 1 unspecified atom stereocenters. The van der Waals surface area contributed by atoms with Gasteiger partial charge >= 0.3 is 5.97 Å². The van der Waals surface area contributed by atoms with Crippen molar-refractivity contribution in [2.45, 2.75) is 19.6 Å². The number of nitrogens with zero attached hydrogens (tertiary/aromatic N) is 2. The highest BCUT2D eigenvalue weighted by atomic mass is 16.4. The van der Waals surface area contributed by atoms with Gasteiger partial charge in [0.15, 0.2) is 0 Å². The number of carboxylic acids is 1. The van der Waals surface area contributed by atoms with Gasteiger partial charge in [0.2, 0.25) is 0 Å². The molecule has 2 rings (SSSR count). The van der Waals surface area contributed by atoms with Gasteiger partial charge in [0.25, 0.3) is 0 Å². The Labute approximate surface area is 119 Å². The summed E-state index contributed by atoms with van der Waals surface area (Å²) in [5.41, 5.74) is 1.47. The molecular weight excluding hydrogens is 256 g/mol. The molecule has 1 fully saturated rings. The SMILES string of the molecule is CC(O)CN1CCN(Cc2ccc(C(=O)O)cc2)CC1. The minimum absolute atomic E-state index is 0.273. The Kier molecular flexibility index (Phi) is 5.11. The Morgan fingerprint density at radius 3 is 2.20 bits per heavy atom. The fourth-order valence-electron chi connectivity index (χ4n) is 2.51. The molecule has 1 aromatic carbocycles. The molecule has 20 heavy (non-hydrogen) atoms. The minimum atomic E-state index is -0.886. The number of carbonyl (C=O) groups is 1. The van der Waals surface area contributed by atoms with E-state index in [-0.39, 0.29) is 6.10 Å². The number of piperazine rings is 1. The van der Waals surface area contributed by atoms with E-state index in [1.807, 2.05) is 19.1 Å². The van der Waals surface area contributed by atoms with Gasteiger partial charge < -0.3 is 10.2 Å². The molecule has 1 saturated heterocycles. The first-order valence-corrected chi connectivity index (χ1v) is 6.99. The van der Waals surface area contributed by atoms with Crippen molar-refractivity contribution in [2.75, 3.05) is 32.7 Å². The van der Waals surface area contributed by atoms with Crippen LogP contribution < -0.4 is 0 Å². The van der Waals surface area contributed by atoms with Gasteiger partial charge in [-0.3, -0.25) is 9.80 Å². The maximum atomic E-state index is 10.8. The molecule has 0 saturated carbocycles. The Morgan fingerprint density at radius 2 is 1.70 bits per heavy atom. The summed E-state index contributed by atoms with van der Waals surface area (Å²) in [6.45, 7) is 7.30. The van der Waals surface area contributed by atoms with Crippen molar-refractivity contribution in [1.82, 2.24) is 9.80 Å². The normalized spacial score (nSPS) is 18.9. The summed E-state index contributed by atoms with van der Waals surface area (Å²) in [7, 11) is 0. The summed E-state index contributed by atoms with van der Waals surface area (Å²) in [6, 6.07) is 7.07. The molecule has 0 aromatic heterocycles. The van der Waals surface area contributed by atoms with Gasteiger partial charge in [-0.2, -0.15) is 0 Å². The van der Waals surface area contributed by atoms with Gasteiger partial charge in [0.05, 0.1) is 11.7 Å². The van der Waals surface area contributed by atoms with Crippen LogP contribution in [0.25, 0.3) is 0 Å². The van der Waals surface area contributed by atoms with Gasteiger partial charge in [-0.05, 0) is 24.6 Å². The molecule has 1 aliphatic heterocycles. The van der Waals surface area contributed by atoms with Crippen molar-refractivity contribution in [2.24, 2.45) is 0 Å². The van der Waals surface area contributed by atoms with Crippen LogP contribution in [0.4, 0.5) is 0 Å². The first kappa shape index (κ1) is 15.0. The maximum absolute atomic E-state index is 10.8. The van der Waals surface area contributed by atoms with Crippen molar-refractivity contribution < 1.29 is 15.0 Å². The molecule has 0 aliphatic carbocycles. The minimum Gasteiger partial charge on any atom is -0.478 e. The van der Waals surface area contributed by atoms with Gasteiger partial charge in [0, 0.05) is 39.3 Å². The number of hydrogen-bond donors (Lipinski definition) is 2. The summed E-state index contributed by atoms with van der Waals surface area (Å²) < 4.78 is 0. The lowest BCUT2D eigenvalue weighted by molar-refractivity contribution is 0.0696. The maximum Gasteiger partial charge on any atom is 0.335 e. The molecule has 1 aliphatic rings. The highest BCUT2D eigenvalue weighted by molar-refractivity contribution is 5.87. The lowest BCUT2D eigenvalue weighted by Crippen LogP contribution is -2.47. The second-order valence-electron chi connectivity index (χ2n) is 5.43. The third-order valence-corrected chi connectivity index (χ3v) is 3.59. The monoisotopic (exact) mass is 278 g/mol. The molecule has 0 spiro atoms. The quantitative estimate of drug-likeness (QED) is 0.837. The largest absolute Gasteiger partial charge is 0.478 e. The highest BCUT2D eigenvalue weighted by Gasteiger charge is 2.17. The topological polar surface area (TPSA) is 64.0 Å². The van der Waals surface area contributed by atoms with E-state index >= 15 is 0 Å².